The molecule has 0 amide bonds. The maximum Gasteiger partial charge on any atom is 0.200 e. The van der Waals surface area contributed by atoms with Crippen molar-refractivity contribution in [2.45, 2.75) is 25.9 Å². The monoisotopic (exact) mass is 190 g/mol. The largest absolute Gasteiger partial charge is 0.329 e. The summed E-state index contributed by atoms with van der Waals surface area (Å²) in [7, 11) is -2.37. The molecule has 5 heteroatoms. The van der Waals surface area contributed by atoms with E-state index < -0.39 is 7.37 Å². The van der Waals surface area contributed by atoms with Gasteiger partial charge in [0.25, 0.3) is 0 Å². The molecule has 0 saturated heterocycles. The minimum atomic E-state index is -2.37. The van der Waals surface area contributed by atoms with Crippen molar-refractivity contribution in [1.82, 2.24) is 0 Å². The standard InChI is InChI=1S/C7H15N2O2P/c1-4-11-12(3,10)6-5-7(2)8-9-7/h4-6H2,1-3H3. The molecule has 0 aromatic heterocycles. The van der Waals surface area contributed by atoms with Crippen molar-refractivity contribution in [3.63, 3.8) is 0 Å². The molecule has 12 heavy (non-hydrogen) atoms. The van der Waals surface area contributed by atoms with Crippen molar-refractivity contribution in [1.29, 1.82) is 0 Å². The Morgan fingerprint density at radius 2 is 2.08 bits per heavy atom. The van der Waals surface area contributed by atoms with Crippen LogP contribution in [0.4, 0.5) is 0 Å². The number of hydrogen-bond acceptors (Lipinski definition) is 4. The lowest BCUT2D eigenvalue weighted by molar-refractivity contribution is 0.335. The van der Waals surface area contributed by atoms with Crippen molar-refractivity contribution in [2.24, 2.45) is 10.2 Å². The first-order valence-corrected chi connectivity index (χ1v) is 6.38. The fourth-order valence-electron chi connectivity index (χ4n) is 0.938. The number of rotatable bonds is 5. The lowest BCUT2D eigenvalue weighted by Gasteiger charge is -2.12. The SMILES string of the molecule is CCOP(C)(=O)CCC1(C)N=N1. The molecule has 1 rings (SSSR count). The average Bonchev–Trinajstić information content (AvgIpc) is 2.66. The molecule has 0 aliphatic carbocycles. The first-order valence-electron chi connectivity index (χ1n) is 4.13. The van der Waals surface area contributed by atoms with E-state index in [0.29, 0.717) is 12.8 Å². The van der Waals surface area contributed by atoms with Crippen LogP contribution in [0.3, 0.4) is 0 Å². The fraction of sp³-hybridized carbons (Fsp3) is 1.00. The van der Waals surface area contributed by atoms with Gasteiger partial charge in [-0.2, -0.15) is 10.2 Å². The Morgan fingerprint density at radius 3 is 2.50 bits per heavy atom. The minimum absolute atomic E-state index is 0.247. The van der Waals surface area contributed by atoms with Gasteiger partial charge < -0.3 is 4.52 Å². The summed E-state index contributed by atoms with van der Waals surface area (Å²) in [6.45, 7) is 5.96. The van der Waals surface area contributed by atoms with Crippen LogP contribution >= 0.6 is 7.37 Å². The molecule has 0 bridgehead atoms. The van der Waals surface area contributed by atoms with Crippen LogP contribution in [0, 0.1) is 0 Å². The zero-order valence-corrected chi connectivity index (χ0v) is 8.67. The third kappa shape index (κ3) is 3.03. The first kappa shape index (κ1) is 9.87. The Balaban J connectivity index is 2.25. The van der Waals surface area contributed by atoms with E-state index in [0.717, 1.165) is 6.42 Å². The van der Waals surface area contributed by atoms with E-state index >= 15 is 0 Å². The van der Waals surface area contributed by atoms with Gasteiger partial charge in [-0.1, -0.05) is 0 Å². The molecule has 0 N–H and O–H groups in total. The highest BCUT2D eigenvalue weighted by atomic mass is 31.2. The van der Waals surface area contributed by atoms with Gasteiger partial charge in [-0.25, -0.2) is 0 Å². The van der Waals surface area contributed by atoms with E-state index in [1.807, 2.05) is 13.8 Å². The Labute approximate surface area is 72.9 Å². The Kier molecular flexibility index (Phi) is 2.69. The Morgan fingerprint density at radius 1 is 1.50 bits per heavy atom. The van der Waals surface area contributed by atoms with E-state index in [4.69, 9.17) is 4.52 Å². The summed E-state index contributed by atoms with van der Waals surface area (Å²) < 4.78 is 16.7. The topological polar surface area (TPSA) is 51.0 Å². The van der Waals surface area contributed by atoms with E-state index in [9.17, 15) is 4.57 Å². The molecule has 1 atom stereocenters. The van der Waals surface area contributed by atoms with Gasteiger partial charge in [0.2, 0.25) is 0 Å². The van der Waals surface area contributed by atoms with Crippen LogP contribution in [0.1, 0.15) is 20.3 Å². The van der Waals surface area contributed by atoms with Gasteiger partial charge in [-0.05, 0) is 13.8 Å². The quantitative estimate of drug-likeness (QED) is 0.625. The van der Waals surface area contributed by atoms with Crippen LogP contribution in [0.2, 0.25) is 0 Å². The second-order valence-corrected chi connectivity index (χ2v) is 6.06. The van der Waals surface area contributed by atoms with Crippen molar-refractivity contribution < 1.29 is 9.09 Å². The molecule has 0 fully saturated rings. The molecule has 70 valence electrons. The zero-order chi connectivity index (χ0) is 9.24. The van der Waals surface area contributed by atoms with Gasteiger partial charge >= 0.3 is 0 Å². The summed E-state index contributed by atoms with van der Waals surface area (Å²) in [5, 5.41) is 7.69. The van der Waals surface area contributed by atoms with E-state index in [-0.39, 0.29) is 5.66 Å². The minimum Gasteiger partial charge on any atom is -0.329 e. The number of hydrogen-bond donors (Lipinski definition) is 0. The molecule has 0 radical (unpaired) electrons. The molecule has 4 nitrogen and oxygen atoms in total. The van der Waals surface area contributed by atoms with Crippen molar-refractivity contribution in [3.8, 4) is 0 Å². The summed E-state index contributed by atoms with van der Waals surface area (Å²) in [4.78, 5) is 0. The van der Waals surface area contributed by atoms with Crippen LogP contribution < -0.4 is 0 Å². The fourth-order valence-corrected chi connectivity index (χ4v) is 2.44. The lowest BCUT2D eigenvalue weighted by Crippen LogP contribution is -2.07. The van der Waals surface area contributed by atoms with Crippen LogP contribution in [0.25, 0.3) is 0 Å². The molecule has 1 aliphatic heterocycles. The Bertz CT molecular complexity index is 234. The Hall–Kier alpha value is -0.210. The van der Waals surface area contributed by atoms with Gasteiger partial charge in [0.15, 0.2) is 13.0 Å². The van der Waals surface area contributed by atoms with Gasteiger partial charge in [0.1, 0.15) is 0 Å². The third-order valence-corrected chi connectivity index (χ3v) is 3.68. The van der Waals surface area contributed by atoms with Crippen molar-refractivity contribution in [2.75, 3.05) is 19.4 Å². The summed E-state index contributed by atoms with van der Waals surface area (Å²) in [5.41, 5.74) is -0.247. The normalized spacial score (nSPS) is 23.6. The van der Waals surface area contributed by atoms with Gasteiger partial charge in [-0.3, -0.25) is 4.57 Å². The van der Waals surface area contributed by atoms with Crippen molar-refractivity contribution >= 4 is 7.37 Å². The highest BCUT2D eigenvalue weighted by Gasteiger charge is 2.35. The second-order valence-electron chi connectivity index (χ2n) is 3.32. The van der Waals surface area contributed by atoms with Crippen LogP contribution in [0.5, 0.6) is 0 Å². The zero-order valence-electron chi connectivity index (χ0n) is 7.78. The summed E-state index contributed by atoms with van der Waals surface area (Å²) in [5.74, 6) is 0. The van der Waals surface area contributed by atoms with E-state index in [2.05, 4.69) is 10.2 Å². The molecule has 0 saturated carbocycles. The molecular weight excluding hydrogens is 175 g/mol. The molecule has 0 spiro atoms. The van der Waals surface area contributed by atoms with Crippen molar-refractivity contribution in [3.05, 3.63) is 0 Å². The van der Waals surface area contributed by atoms with Gasteiger partial charge in [-0.15, -0.1) is 0 Å². The molecule has 1 heterocycles. The average molecular weight is 190 g/mol. The maximum absolute atomic E-state index is 11.6. The van der Waals surface area contributed by atoms with Crippen LogP contribution in [0.15, 0.2) is 10.2 Å². The number of nitrogens with zero attached hydrogens (tertiary/aromatic N) is 2. The molecule has 1 unspecified atom stereocenters. The third-order valence-electron chi connectivity index (χ3n) is 1.84. The second kappa shape index (κ2) is 3.27. The summed E-state index contributed by atoms with van der Waals surface area (Å²) in [6.07, 6.45) is 1.31. The highest BCUT2D eigenvalue weighted by molar-refractivity contribution is 7.58. The predicted octanol–water partition coefficient (Wildman–Crippen LogP) is 2.50. The maximum atomic E-state index is 11.6. The van der Waals surface area contributed by atoms with E-state index in [1.165, 1.54) is 0 Å². The predicted molar refractivity (Wildman–Crippen MR) is 47.9 cm³/mol. The molecule has 0 aromatic carbocycles. The van der Waals surface area contributed by atoms with Crippen LogP contribution in [-0.4, -0.2) is 25.1 Å². The van der Waals surface area contributed by atoms with Gasteiger partial charge in [0, 0.05) is 19.2 Å². The molecule has 1 aliphatic rings. The first-order chi connectivity index (χ1) is 5.47. The van der Waals surface area contributed by atoms with Gasteiger partial charge in [0.05, 0.1) is 6.61 Å². The van der Waals surface area contributed by atoms with E-state index in [1.54, 1.807) is 6.66 Å². The summed E-state index contributed by atoms with van der Waals surface area (Å²) >= 11 is 0. The van der Waals surface area contributed by atoms with Crippen LogP contribution in [-0.2, 0) is 9.09 Å². The highest BCUT2D eigenvalue weighted by Crippen LogP contribution is 2.46. The summed E-state index contributed by atoms with van der Waals surface area (Å²) in [6, 6.07) is 0. The molecular formula is C7H15N2O2P. The molecule has 0 aromatic rings. The lowest BCUT2D eigenvalue weighted by atomic mass is 10.2. The smallest absolute Gasteiger partial charge is 0.200 e.